The second-order valence-corrected chi connectivity index (χ2v) is 3.23. The first-order valence-electron chi connectivity index (χ1n) is 4.49. The van der Waals surface area contributed by atoms with Gasteiger partial charge in [-0.05, 0) is 12.5 Å². The molecule has 0 amide bonds. The van der Waals surface area contributed by atoms with E-state index in [0.717, 1.165) is 5.56 Å². The highest BCUT2D eigenvalue weighted by molar-refractivity contribution is 5.61. The highest BCUT2D eigenvalue weighted by Crippen LogP contribution is 2.25. The van der Waals surface area contributed by atoms with Crippen LogP contribution in [0.4, 0.5) is 4.79 Å². The van der Waals surface area contributed by atoms with Gasteiger partial charge < -0.3 is 9.47 Å². The number of rotatable bonds is 1. The minimum absolute atomic E-state index is 0.0360. The Labute approximate surface area is 82.6 Å². The van der Waals surface area contributed by atoms with Gasteiger partial charge in [-0.15, -0.1) is 0 Å². The van der Waals surface area contributed by atoms with Crippen LogP contribution in [-0.4, -0.2) is 18.9 Å². The number of carbonyl (C=O) groups excluding carboxylic acids is 1. The third-order valence-corrected chi connectivity index (χ3v) is 2.30. The van der Waals surface area contributed by atoms with Crippen LogP contribution in [0.2, 0.25) is 0 Å². The number of carbonyl (C=O) groups is 1. The number of ether oxygens (including phenoxy) is 2. The summed E-state index contributed by atoms with van der Waals surface area (Å²) in [6.07, 6.45) is -0.990. The van der Waals surface area contributed by atoms with Crippen LogP contribution in [-0.2, 0) is 9.47 Å². The molecule has 1 aromatic rings. The maximum atomic E-state index is 10.8. The van der Waals surface area contributed by atoms with E-state index in [9.17, 15) is 4.79 Å². The van der Waals surface area contributed by atoms with E-state index >= 15 is 0 Å². The molecule has 73 valence electrons. The molecule has 0 spiro atoms. The molecule has 1 aliphatic rings. The average Bonchev–Trinajstić information content (AvgIpc) is 2.19. The van der Waals surface area contributed by atoms with Crippen LogP contribution in [0, 0.1) is 6.92 Å². The van der Waals surface area contributed by atoms with Crippen LogP contribution in [0.25, 0.3) is 0 Å². The molecule has 3 nitrogen and oxygen atoms in total. The largest absolute Gasteiger partial charge is 0.508 e. The van der Waals surface area contributed by atoms with Crippen LogP contribution in [0.5, 0.6) is 0 Å². The fraction of sp³-hybridized carbons (Fsp3) is 0.273. The van der Waals surface area contributed by atoms with Crippen molar-refractivity contribution in [1.82, 2.24) is 0 Å². The number of cyclic esters (lactones) is 2. The molecule has 0 aliphatic carbocycles. The molecule has 1 heterocycles. The Bertz CT molecular complexity index is 321. The summed E-state index contributed by atoms with van der Waals surface area (Å²) in [4.78, 5) is 10.8. The Morgan fingerprint density at radius 2 is 2.00 bits per heavy atom. The average molecular weight is 191 g/mol. The molecule has 3 heteroatoms. The molecule has 0 N–H and O–H groups in total. The summed E-state index contributed by atoms with van der Waals surface area (Å²) in [5.41, 5.74) is 1.08. The Hall–Kier alpha value is -1.51. The molecule has 0 bridgehead atoms. The SMILES string of the molecule is [CH2]C1OC(=O)OCC1c1ccccc1. The normalized spacial score (nSPS) is 26.5. The highest BCUT2D eigenvalue weighted by atomic mass is 16.7. The third-order valence-electron chi connectivity index (χ3n) is 2.30. The van der Waals surface area contributed by atoms with Gasteiger partial charge in [0, 0.05) is 0 Å². The lowest BCUT2D eigenvalue weighted by molar-refractivity contribution is -0.0202. The predicted molar refractivity (Wildman–Crippen MR) is 50.8 cm³/mol. The molecule has 1 aliphatic heterocycles. The van der Waals surface area contributed by atoms with Crippen molar-refractivity contribution in [3.8, 4) is 0 Å². The summed E-state index contributed by atoms with van der Waals surface area (Å²) in [6, 6.07) is 9.78. The minimum Gasteiger partial charge on any atom is -0.433 e. The highest BCUT2D eigenvalue weighted by Gasteiger charge is 2.29. The summed E-state index contributed by atoms with van der Waals surface area (Å²) in [5, 5.41) is 0. The van der Waals surface area contributed by atoms with Gasteiger partial charge in [0.1, 0.15) is 12.7 Å². The van der Waals surface area contributed by atoms with Crippen molar-refractivity contribution in [3.05, 3.63) is 42.8 Å². The van der Waals surface area contributed by atoms with E-state index in [1.54, 1.807) is 0 Å². The van der Waals surface area contributed by atoms with Crippen LogP contribution in [0.15, 0.2) is 30.3 Å². The second kappa shape index (κ2) is 3.70. The van der Waals surface area contributed by atoms with Gasteiger partial charge in [0.05, 0.1) is 5.92 Å². The van der Waals surface area contributed by atoms with Gasteiger partial charge in [0.25, 0.3) is 0 Å². The molecule has 1 radical (unpaired) electrons. The van der Waals surface area contributed by atoms with E-state index in [0.29, 0.717) is 6.61 Å². The van der Waals surface area contributed by atoms with Crippen molar-refractivity contribution in [2.24, 2.45) is 0 Å². The summed E-state index contributed by atoms with van der Waals surface area (Å²) >= 11 is 0. The van der Waals surface area contributed by atoms with E-state index in [2.05, 4.69) is 6.92 Å². The van der Waals surface area contributed by atoms with Gasteiger partial charge >= 0.3 is 6.16 Å². The lowest BCUT2D eigenvalue weighted by Gasteiger charge is -2.28. The lowest BCUT2D eigenvalue weighted by Crippen LogP contribution is -2.33. The first-order valence-corrected chi connectivity index (χ1v) is 4.49. The van der Waals surface area contributed by atoms with Crippen LogP contribution in [0.1, 0.15) is 11.5 Å². The minimum atomic E-state index is -0.628. The predicted octanol–water partition coefficient (Wildman–Crippen LogP) is 2.14. The van der Waals surface area contributed by atoms with Gasteiger partial charge in [-0.3, -0.25) is 0 Å². The first kappa shape index (κ1) is 9.06. The fourth-order valence-corrected chi connectivity index (χ4v) is 1.52. The number of benzene rings is 1. The molecule has 1 fully saturated rings. The molecule has 1 saturated heterocycles. The third kappa shape index (κ3) is 1.71. The molecule has 0 aromatic heterocycles. The summed E-state index contributed by atoms with van der Waals surface area (Å²) in [6.45, 7) is 4.13. The van der Waals surface area contributed by atoms with Crippen LogP contribution in [0.3, 0.4) is 0 Å². The van der Waals surface area contributed by atoms with Crippen LogP contribution >= 0.6 is 0 Å². The lowest BCUT2D eigenvalue weighted by atomic mass is 9.94. The first-order chi connectivity index (χ1) is 6.77. The van der Waals surface area contributed by atoms with Crippen molar-refractivity contribution in [1.29, 1.82) is 0 Å². The molecule has 2 rings (SSSR count). The maximum Gasteiger partial charge on any atom is 0.508 e. The molecular formula is C11H11O3. The van der Waals surface area contributed by atoms with Crippen molar-refractivity contribution in [2.75, 3.05) is 6.61 Å². The molecule has 2 atom stereocenters. The fourth-order valence-electron chi connectivity index (χ4n) is 1.52. The van der Waals surface area contributed by atoms with Crippen molar-refractivity contribution < 1.29 is 14.3 Å². The monoisotopic (exact) mass is 191 g/mol. The smallest absolute Gasteiger partial charge is 0.433 e. The Kier molecular flexibility index (Phi) is 2.39. The molecule has 14 heavy (non-hydrogen) atoms. The quantitative estimate of drug-likeness (QED) is 0.638. The van der Waals surface area contributed by atoms with Crippen molar-refractivity contribution >= 4 is 6.16 Å². The van der Waals surface area contributed by atoms with Gasteiger partial charge in [0.2, 0.25) is 0 Å². The molecular weight excluding hydrogens is 180 g/mol. The topological polar surface area (TPSA) is 35.5 Å². The zero-order chi connectivity index (χ0) is 9.97. The van der Waals surface area contributed by atoms with E-state index in [1.807, 2.05) is 30.3 Å². The summed E-state index contributed by atoms with van der Waals surface area (Å²) < 4.78 is 9.70. The zero-order valence-electron chi connectivity index (χ0n) is 7.68. The van der Waals surface area contributed by atoms with E-state index in [-0.39, 0.29) is 12.0 Å². The molecule has 0 saturated carbocycles. The van der Waals surface area contributed by atoms with E-state index in [1.165, 1.54) is 0 Å². The Balaban J connectivity index is 2.16. The van der Waals surface area contributed by atoms with Gasteiger partial charge in [0.15, 0.2) is 0 Å². The van der Waals surface area contributed by atoms with Crippen molar-refractivity contribution in [2.45, 2.75) is 12.0 Å². The maximum absolute atomic E-state index is 10.8. The standard InChI is InChI=1S/C11H11O3/c1-8-10(7-13-11(12)14-8)9-5-3-2-4-6-9/h2-6,8,10H,1,7H2. The van der Waals surface area contributed by atoms with E-state index < -0.39 is 6.16 Å². The van der Waals surface area contributed by atoms with Crippen LogP contribution < -0.4 is 0 Å². The van der Waals surface area contributed by atoms with Gasteiger partial charge in [-0.25, -0.2) is 4.79 Å². The Morgan fingerprint density at radius 1 is 1.29 bits per heavy atom. The van der Waals surface area contributed by atoms with Gasteiger partial charge in [-0.2, -0.15) is 0 Å². The van der Waals surface area contributed by atoms with E-state index in [4.69, 9.17) is 9.47 Å². The van der Waals surface area contributed by atoms with Gasteiger partial charge in [-0.1, -0.05) is 30.3 Å². The number of hydrogen-bond acceptors (Lipinski definition) is 3. The summed E-state index contributed by atoms with van der Waals surface area (Å²) in [5.74, 6) is 0.0360. The molecule has 1 aromatic carbocycles. The Morgan fingerprint density at radius 3 is 2.64 bits per heavy atom. The molecule has 2 unspecified atom stereocenters. The summed E-state index contributed by atoms with van der Waals surface area (Å²) in [7, 11) is 0. The second-order valence-electron chi connectivity index (χ2n) is 3.23. The number of hydrogen-bond donors (Lipinski definition) is 0. The van der Waals surface area contributed by atoms with Crippen molar-refractivity contribution in [3.63, 3.8) is 0 Å². The zero-order valence-corrected chi connectivity index (χ0v) is 7.68.